The van der Waals surface area contributed by atoms with Crippen molar-refractivity contribution in [3.63, 3.8) is 0 Å². The van der Waals surface area contributed by atoms with Crippen LogP contribution in [0.3, 0.4) is 0 Å². The predicted octanol–water partition coefficient (Wildman–Crippen LogP) is 1.55. The third-order valence-corrected chi connectivity index (χ3v) is 1.27. The van der Waals surface area contributed by atoms with Crippen molar-refractivity contribution in [2.75, 3.05) is 0 Å². The van der Waals surface area contributed by atoms with Gasteiger partial charge in [0.25, 0.3) is 0 Å². The van der Waals surface area contributed by atoms with Crippen molar-refractivity contribution in [2.24, 2.45) is 0 Å². The summed E-state index contributed by atoms with van der Waals surface area (Å²) in [6, 6.07) is 3.94. The number of aromatic amines is 1. The third-order valence-electron chi connectivity index (χ3n) is 1.27. The Kier molecular flexibility index (Phi) is 2.60. The normalized spacial score (nSPS) is 8.91. The fourth-order valence-corrected chi connectivity index (χ4v) is 0.636. The van der Waals surface area contributed by atoms with E-state index in [1.807, 2.05) is 32.2 Å². The van der Waals surface area contributed by atoms with Crippen LogP contribution in [-0.2, 0) is 0 Å². The quantitative estimate of drug-likeness (QED) is 0.608. The molecule has 1 aromatic heterocycles. The molecule has 0 saturated carbocycles. The molecule has 0 aromatic carbocycles. The molecular weight excluding hydrogens is 138 g/mol. The first-order chi connectivity index (χ1) is 5.29. The van der Waals surface area contributed by atoms with Crippen LogP contribution >= 0.6 is 0 Å². The lowest BCUT2D eigenvalue weighted by Gasteiger charge is -1.80. The zero-order valence-corrected chi connectivity index (χ0v) is 6.70. The molecule has 0 bridgehead atoms. The molecule has 1 heterocycles. The Morgan fingerprint density at radius 3 is 2.91 bits per heavy atom. The second kappa shape index (κ2) is 3.71. The summed E-state index contributed by atoms with van der Waals surface area (Å²) in [5.41, 5.74) is 2.07. The second-order valence-electron chi connectivity index (χ2n) is 2.37. The summed E-state index contributed by atoms with van der Waals surface area (Å²) in [6.45, 7) is 3.93. The highest BCUT2D eigenvalue weighted by Gasteiger charge is 1.77. The number of aryl methyl sites for hydroxylation is 2. The third kappa shape index (κ3) is 2.80. The van der Waals surface area contributed by atoms with Gasteiger partial charge in [0.15, 0.2) is 0 Å². The molecule has 3 heteroatoms. The monoisotopic (exact) mass is 149 g/mol. The van der Waals surface area contributed by atoms with Crippen LogP contribution in [-0.4, -0.2) is 15.2 Å². The molecule has 0 unspecified atom stereocenters. The second-order valence-corrected chi connectivity index (χ2v) is 2.37. The van der Waals surface area contributed by atoms with Crippen LogP contribution in [0, 0.1) is 13.8 Å². The van der Waals surface area contributed by atoms with Crippen molar-refractivity contribution < 1.29 is 0 Å². The zero-order valence-electron chi connectivity index (χ0n) is 6.70. The Bertz CT molecular complexity index is 250. The van der Waals surface area contributed by atoms with Crippen LogP contribution in [0.25, 0.3) is 0 Å². The highest BCUT2D eigenvalue weighted by atomic mass is 15.1. The SMILES string of the molecule is Cc1ccc(C)ncn[nH]c1. The van der Waals surface area contributed by atoms with Gasteiger partial charge in [0.2, 0.25) is 0 Å². The van der Waals surface area contributed by atoms with Crippen molar-refractivity contribution in [1.82, 2.24) is 15.2 Å². The molecule has 1 aromatic rings. The van der Waals surface area contributed by atoms with Gasteiger partial charge >= 0.3 is 0 Å². The molecule has 58 valence electrons. The van der Waals surface area contributed by atoms with Crippen molar-refractivity contribution in [2.45, 2.75) is 13.8 Å². The van der Waals surface area contributed by atoms with E-state index in [2.05, 4.69) is 15.2 Å². The molecule has 0 saturated heterocycles. The molecule has 0 atom stereocenters. The molecule has 0 aliphatic carbocycles. The van der Waals surface area contributed by atoms with Gasteiger partial charge < -0.3 is 0 Å². The summed E-state index contributed by atoms with van der Waals surface area (Å²) in [5, 5.41) is 6.56. The van der Waals surface area contributed by atoms with Gasteiger partial charge in [-0.05, 0) is 25.5 Å². The standard InChI is InChI=1S/C8H11N3/c1-7-3-4-8(2)9-6-11-10-5-7/h3-6,10H,1-2H3. The van der Waals surface area contributed by atoms with Crippen LogP contribution in [0.2, 0.25) is 0 Å². The molecule has 0 aliphatic heterocycles. The summed E-state index contributed by atoms with van der Waals surface area (Å²) >= 11 is 0. The van der Waals surface area contributed by atoms with Gasteiger partial charge in [-0.15, -0.1) is 0 Å². The molecule has 0 radical (unpaired) electrons. The first kappa shape index (κ1) is 7.72. The molecule has 1 N–H and O–H groups in total. The summed E-state index contributed by atoms with van der Waals surface area (Å²) in [5.74, 6) is 0. The van der Waals surface area contributed by atoms with Gasteiger partial charge in [0, 0.05) is 11.9 Å². The molecule has 0 amide bonds. The van der Waals surface area contributed by atoms with Gasteiger partial charge in [-0.25, -0.2) is 4.98 Å². The van der Waals surface area contributed by atoms with E-state index in [-0.39, 0.29) is 0 Å². The van der Waals surface area contributed by atoms with Crippen LogP contribution in [0.4, 0.5) is 0 Å². The lowest BCUT2D eigenvalue weighted by molar-refractivity contribution is 0.994. The first-order valence-electron chi connectivity index (χ1n) is 3.45. The lowest BCUT2D eigenvalue weighted by Crippen LogP contribution is -1.73. The summed E-state index contributed by atoms with van der Waals surface area (Å²) in [6.07, 6.45) is 3.32. The number of nitrogens with one attached hydrogen (secondary N) is 1. The zero-order chi connectivity index (χ0) is 8.10. The summed E-state index contributed by atoms with van der Waals surface area (Å²) in [4.78, 5) is 4.02. The van der Waals surface area contributed by atoms with Crippen LogP contribution in [0.1, 0.15) is 11.3 Å². The Morgan fingerprint density at radius 2 is 2.09 bits per heavy atom. The maximum Gasteiger partial charge on any atom is 0.135 e. The minimum atomic E-state index is 0.949. The number of H-pyrrole nitrogens is 1. The Hall–Kier alpha value is -1.38. The van der Waals surface area contributed by atoms with E-state index in [0.29, 0.717) is 0 Å². The van der Waals surface area contributed by atoms with E-state index in [1.54, 1.807) is 0 Å². The highest BCUT2D eigenvalue weighted by molar-refractivity contribution is 5.05. The lowest BCUT2D eigenvalue weighted by atomic mass is 10.3. The molecule has 0 spiro atoms. The Morgan fingerprint density at radius 1 is 1.27 bits per heavy atom. The maximum atomic E-state index is 4.02. The average Bonchev–Trinajstić information content (AvgIpc) is 2.06. The van der Waals surface area contributed by atoms with Gasteiger partial charge in [-0.1, -0.05) is 6.07 Å². The van der Waals surface area contributed by atoms with E-state index in [0.717, 1.165) is 11.3 Å². The largest absolute Gasteiger partial charge is 0.284 e. The number of nitrogens with zero attached hydrogens (tertiary/aromatic N) is 2. The van der Waals surface area contributed by atoms with Crippen molar-refractivity contribution >= 4 is 0 Å². The molecule has 11 heavy (non-hydrogen) atoms. The summed E-state index contributed by atoms with van der Waals surface area (Å²) in [7, 11) is 0. The van der Waals surface area contributed by atoms with E-state index < -0.39 is 0 Å². The Balaban J connectivity index is 3.23. The van der Waals surface area contributed by atoms with Gasteiger partial charge in [-0.2, -0.15) is 5.10 Å². The fraction of sp³-hybridized carbons (Fsp3) is 0.250. The molecule has 1 rings (SSSR count). The van der Waals surface area contributed by atoms with Crippen molar-refractivity contribution in [3.8, 4) is 0 Å². The minimum Gasteiger partial charge on any atom is -0.284 e. The molecule has 0 fully saturated rings. The number of hydrogen-bond acceptors (Lipinski definition) is 2. The number of aromatic nitrogens is 3. The molecular formula is C8H11N3. The number of rotatable bonds is 0. The van der Waals surface area contributed by atoms with E-state index in [9.17, 15) is 0 Å². The van der Waals surface area contributed by atoms with Crippen molar-refractivity contribution in [3.05, 3.63) is 35.9 Å². The van der Waals surface area contributed by atoms with Crippen LogP contribution < -0.4 is 0 Å². The van der Waals surface area contributed by atoms with Crippen molar-refractivity contribution in [1.29, 1.82) is 0 Å². The topological polar surface area (TPSA) is 41.6 Å². The maximum absolute atomic E-state index is 4.02. The smallest absolute Gasteiger partial charge is 0.135 e. The van der Waals surface area contributed by atoms with Gasteiger partial charge in [-0.3, -0.25) is 5.10 Å². The van der Waals surface area contributed by atoms with Crippen LogP contribution in [0.15, 0.2) is 24.7 Å². The fourth-order valence-electron chi connectivity index (χ4n) is 0.636. The minimum absolute atomic E-state index is 0.949. The molecule has 3 nitrogen and oxygen atoms in total. The van der Waals surface area contributed by atoms with Crippen LogP contribution in [0.5, 0.6) is 0 Å². The number of hydrogen-bond donors (Lipinski definition) is 1. The van der Waals surface area contributed by atoms with Gasteiger partial charge in [0.05, 0.1) is 0 Å². The first-order valence-corrected chi connectivity index (χ1v) is 3.45. The average molecular weight is 149 g/mol. The van der Waals surface area contributed by atoms with Gasteiger partial charge in [0.1, 0.15) is 6.33 Å². The van der Waals surface area contributed by atoms with E-state index in [4.69, 9.17) is 0 Å². The predicted molar refractivity (Wildman–Crippen MR) is 43.5 cm³/mol. The Labute approximate surface area is 65.8 Å². The molecule has 0 aliphatic rings. The van der Waals surface area contributed by atoms with E-state index in [1.165, 1.54) is 6.33 Å². The highest BCUT2D eigenvalue weighted by Crippen LogP contribution is 1.89. The van der Waals surface area contributed by atoms with E-state index >= 15 is 0 Å². The summed E-state index contributed by atoms with van der Waals surface area (Å²) < 4.78 is 0.